The largest absolute Gasteiger partial charge is 0.481 e. The van der Waals surface area contributed by atoms with Crippen molar-refractivity contribution in [1.29, 1.82) is 0 Å². The van der Waals surface area contributed by atoms with Crippen molar-refractivity contribution in [3.05, 3.63) is 35.6 Å². The molecule has 0 bridgehead atoms. The lowest BCUT2D eigenvalue weighted by Gasteiger charge is -2.31. The van der Waals surface area contributed by atoms with Crippen molar-refractivity contribution >= 4 is 11.9 Å². The van der Waals surface area contributed by atoms with E-state index in [0.717, 1.165) is 6.54 Å². The van der Waals surface area contributed by atoms with Crippen molar-refractivity contribution in [3.8, 4) is 0 Å². The van der Waals surface area contributed by atoms with E-state index in [1.54, 1.807) is 12.1 Å². The van der Waals surface area contributed by atoms with Crippen LogP contribution in [-0.2, 0) is 4.79 Å². The van der Waals surface area contributed by atoms with Crippen LogP contribution in [0.25, 0.3) is 0 Å². The van der Waals surface area contributed by atoms with Gasteiger partial charge < -0.3 is 14.9 Å². The van der Waals surface area contributed by atoms with Gasteiger partial charge in [0.05, 0.1) is 5.56 Å². The molecule has 134 valence electrons. The Morgan fingerprint density at radius 3 is 2.56 bits per heavy atom. The summed E-state index contributed by atoms with van der Waals surface area (Å²) in [5.74, 6) is -1.18. The van der Waals surface area contributed by atoms with Gasteiger partial charge in [0.15, 0.2) is 0 Å². The van der Waals surface area contributed by atoms with Crippen LogP contribution in [-0.4, -0.2) is 59.5 Å². The maximum atomic E-state index is 13.9. The van der Waals surface area contributed by atoms with Gasteiger partial charge in [-0.1, -0.05) is 18.6 Å². The van der Waals surface area contributed by atoms with Crippen LogP contribution in [0.1, 0.15) is 29.6 Å². The zero-order chi connectivity index (χ0) is 17.6. The van der Waals surface area contributed by atoms with E-state index in [1.807, 2.05) is 0 Å². The Hall–Kier alpha value is -1.95. The van der Waals surface area contributed by atoms with E-state index in [9.17, 15) is 19.1 Å². The average molecular weight is 346 g/mol. The second-order valence-electron chi connectivity index (χ2n) is 7.81. The topological polar surface area (TPSA) is 60.9 Å². The number of nitrogens with zero attached hydrogens (tertiary/aromatic N) is 2. The smallest absolute Gasteiger partial charge is 0.313 e. The standard InChI is InChI=1S/C19H23FN2O3/c20-16-7-2-1-6-15(16)17(23)22-10-14-9-21(8-13-4-3-5-13)11-19(14,12-22)18(24)25/h1-2,6-7,13-14H,3-5,8-12H2,(H,24,25)/t14-,19-/m0/s1. The number of carboxylic acids is 1. The molecular formula is C19H23FN2O3. The molecule has 2 heterocycles. The van der Waals surface area contributed by atoms with Crippen LogP contribution in [0, 0.1) is 23.1 Å². The fourth-order valence-electron chi connectivity index (χ4n) is 4.61. The molecule has 2 saturated heterocycles. The summed E-state index contributed by atoms with van der Waals surface area (Å²) in [6.07, 6.45) is 3.75. The number of halogens is 1. The van der Waals surface area contributed by atoms with E-state index in [0.29, 0.717) is 25.6 Å². The Balaban J connectivity index is 1.50. The van der Waals surface area contributed by atoms with E-state index in [4.69, 9.17) is 0 Å². The van der Waals surface area contributed by atoms with Gasteiger partial charge in [0.2, 0.25) is 0 Å². The summed E-state index contributed by atoms with van der Waals surface area (Å²) in [7, 11) is 0. The van der Waals surface area contributed by atoms with Crippen molar-refractivity contribution in [2.24, 2.45) is 17.3 Å². The summed E-state index contributed by atoms with van der Waals surface area (Å²) in [6, 6.07) is 5.89. The number of fused-ring (bicyclic) bond motifs is 1. The molecule has 3 fully saturated rings. The maximum Gasteiger partial charge on any atom is 0.313 e. The van der Waals surface area contributed by atoms with Gasteiger partial charge in [0.1, 0.15) is 11.2 Å². The molecule has 5 nitrogen and oxygen atoms in total. The Bertz CT molecular complexity index is 706. The zero-order valence-electron chi connectivity index (χ0n) is 14.2. The molecule has 0 spiro atoms. The molecule has 1 aromatic carbocycles. The highest BCUT2D eigenvalue weighted by Gasteiger charge is 2.58. The molecule has 1 saturated carbocycles. The molecule has 1 N–H and O–H groups in total. The van der Waals surface area contributed by atoms with E-state index in [-0.39, 0.29) is 18.0 Å². The van der Waals surface area contributed by atoms with Crippen molar-refractivity contribution in [2.45, 2.75) is 19.3 Å². The number of likely N-dealkylation sites (tertiary alicyclic amines) is 2. The fraction of sp³-hybridized carbons (Fsp3) is 0.579. The number of aliphatic carboxylic acids is 1. The van der Waals surface area contributed by atoms with Crippen LogP contribution in [0.5, 0.6) is 0 Å². The molecule has 6 heteroatoms. The minimum absolute atomic E-state index is 0.0225. The van der Waals surface area contributed by atoms with Crippen LogP contribution in [0.4, 0.5) is 4.39 Å². The lowest BCUT2D eigenvalue weighted by Crippen LogP contribution is -2.43. The molecule has 2 atom stereocenters. The number of rotatable bonds is 4. The summed E-state index contributed by atoms with van der Waals surface area (Å²) >= 11 is 0. The Kier molecular flexibility index (Phi) is 4.02. The van der Waals surface area contributed by atoms with Crippen LogP contribution in [0.3, 0.4) is 0 Å². The third kappa shape index (κ3) is 2.72. The third-order valence-electron chi connectivity index (χ3n) is 6.24. The predicted octanol–water partition coefficient (Wildman–Crippen LogP) is 2.08. The minimum Gasteiger partial charge on any atom is -0.481 e. The van der Waals surface area contributed by atoms with Gasteiger partial charge in [0, 0.05) is 38.6 Å². The lowest BCUT2D eigenvalue weighted by atomic mass is 9.81. The minimum atomic E-state index is -0.912. The van der Waals surface area contributed by atoms with Crippen molar-refractivity contribution in [1.82, 2.24) is 9.80 Å². The second-order valence-corrected chi connectivity index (χ2v) is 7.81. The molecular weight excluding hydrogens is 323 g/mol. The highest BCUT2D eigenvalue weighted by molar-refractivity contribution is 5.95. The molecule has 4 rings (SSSR count). The molecule has 0 aromatic heterocycles. The van der Waals surface area contributed by atoms with E-state index >= 15 is 0 Å². The van der Waals surface area contributed by atoms with Gasteiger partial charge in [-0.05, 0) is 30.9 Å². The SMILES string of the molecule is O=C(c1ccccc1F)N1C[C@@H]2CN(CC3CCC3)C[C@]2(C(=O)O)C1. The first-order valence-corrected chi connectivity index (χ1v) is 8.99. The summed E-state index contributed by atoms with van der Waals surface area (Å²) in [4.78, 5) is 28.5. The first-order valence-electron chi connectivity index (χ1n) is 8.99. The van der Waals surface area contributed by atoms with Crippen LogP contribution < -0.4 is 0 Å². The molecule has 1 amide bonds. The third-order valence-corrected chi connectivity index (χ3v) is 6.24. The Morgan fingerprint density at radius 1 is 1.20 bits per heavy atom. The first-order chi connectivity index (χ1) is 12.0. The number of hydrogen-bond acceptors (Lipinski definition) is 3. The molecule has 0 radical (unpaired) electrons. The Labute approximate surface area is 146 Å². The van der Waals surface area contributed by atoms with Crippen molar-refractivity contribution < 1.29 is 19.1 Å². The van der Waals surface area contributed by atoms with E-state index in [2.05, 4.69) is 4.90 Å². The number of carbonyl (C=O) groups is 2. The number of carboxylic acid groups (broad SMARTS) is 1. The summed E-state index contributed by atoms with van der Waals surface area (Å²) in [6.45, 7) is 2.73. The van der Waals surface area contributed by atoms with Gasteiger partial charge in [-0.25, -0.2) is 4.39 Å². The summed E-state index contributed by atoms with van der Waals surface area (Å²) in [5.41, 5.74) is -0.890. The molecule has 1 aromatic rings. The van der Waals surface area contributed by atoms with Gasteiger partial charge >= 0.3 is 5.97 Å². The van der Waals surface area contributed by atoms with Crippen molar-refractivity contribution in [2.75, 3.05) is 32.7 Å². The normalized spacial score (nSPS) is 29.5. The van der Waals surface area contributed by atoms with Gasteiger partial charge in [-0.2, -0.15) is 0 Å². The average Bonchev–Trinajstić information content (AvgIpc) is 3.05. The van der Waals surface area contributed by atoms with Gasteiger partial charge in [-0.15, -0.1) is 0 Å². The molecule has 3 aliphatic rings. The number of benzene rings is 1. The monoisotopic (exact) mass is 346 g/mol. The highest BCUT2D eigenvalue weighted by atomic mass is 19.1. The van der Waals surface area contributed by atoms with E-state index < -0.39 is 23.1 Å². The number of carbonyl (C=O) groups excluding carboxylic acids is 1. The summed E-state index contributed by atoms with van der Waals surface area (Å²) in [5, 5.41) is 9.88. The first kappa shape index (κ1) is 16.5. The van der Waals surface area contributed by atoms with E-state index in [1.165, 1.54) is 36.3 Å². The summed E-state index contributed by atoms with van der Waals surface area (Å²) < 4.78 is 13.9. The Morgan fingerprint density at radius 2 is 1.96 bits per heavy atom. The number of amides is 1. The molecule has 0 unspecified atom stereocenters. The van der Waals surface area contributed by atoms with Crippen LogP contribution >= 0.6 is 0 Å². The zero-order valence-corrected chi connectivity index (χ0v) is 14.2. The highest BCUT2D eigenvalue weighted by Crippen LogP contribution is 2.44. The molecule has 1 aliphatic carbocycles. The predicted molar refractivity (Wildman–Crippen MR) is 89.6 cm³/mol. The van der Waals surface area contributed by atoms with Crippen LogP contribution in [0.15, 0.2) is 24.3 Å². The van der Waals surface area contributed by atoms with Gasteiger partial charge in [0.25, 0.3) is 5.91 Å². The quantitative estimate of drug-likeness (QED) is 0.907. The van der Waals surface area contributed by atoms with Crippen molar-refractivity contribution in [3.63, 3.8) is 0 Å². The molecule has 2 aliphatic heterocycles. The number of hydrogen-bond donors (Lipinski definition) is 1. The van der Waals surface area contributed by atoms with Crippen LogP contribution in [0.2, 0.25) is 0 Å². The maximum absolute atomic E-state index is 13.9. The fourth-order valence-corrected chi connectivity index (χ4v) is 4.61. The van der Waals surface area contributed by atoms with Gasteiger partial charge in [-0.3, -0.25) is 9.59 Å². The molecule has 25 heavy (non-hydrogen) atoms. The second kappa shape index (κ2) is 6.09. The lowest BCUT2D eigenvalue weighted by molar-refractivity contribution is -0.148.